The van der Waals surface area contributed by atoms with Crippen molar-refractivity contribution < 1.29 is 14.7 Å². The van der Waals surface area contributed by atoms with Gasteiger partial charge >= 0.3 is 0 Å². The lowest BCUT2D eigenvalue weighted by Crippen LogP contribution is -2.29. The molecular weight excluding hydrogens is 230 g/mol. The Morgan fingerprint density at radius 3 is 2.22 bits per heavy atom. The van der Waals surface area contributed by atoms with Crippen molar-refractivity contribution in [3.05, 3.63) is 42.0 Å². The van der Waals surface area contributed by atoms with Gasteiger partial charge in [0.15, 0.2) is 0 Å². The zero-order chi connectivity index (χ0) is 13.0. The third-order valence-electron chi connectivity index (χ3n) is 2.40. The number of nitrogens with zero attached hydrogens (tertiary/aromatic N) is 1. The quantitative estimate of drug-likeness (QED) is 0.617. The highest BCUT2D eigenvalue weighted by Crippen LogP contribution is 2.19. The van der Waals surface area contributed by atoms with E-state index in [-0.39, 0.29) is 18.4 Å². The number of carbonyl (C=O) groups is 2. The van der Waals surface area contributed by atoms with Crippen molar-refractivity contribution in [2.45, 2.75) is 6.42 Å². The number of anilines is 1. The molecule has 0 aromatic heterocycles. The molecule has 1 aromatic rings. The second-order valence-corrected chi connectivity index (χ2v) is 3.67. The smallest absolute Gasteiger partial charge is 0.258 e. The van der Waals surface area contributed by atoms with Crippen LogP contribution in [0.1, 0.15) is 12.0 Å². The van der Waals surface area contributed by atoms with Crippen molar-refractivity contribution in [1.29, 1.82) is 0 Å². The zero-order valence-corrected chi connectivity index (χ0v) is 9.59. The van der Waals surface area contributed by atoms with E-state index in [1.165, 1.54) is 12.2 Å². The minimum Gasteiger partial charge on any atom is -0.395 e. The van der Waals surface area contributed by atoms with Gasteiger partial charge in [0.05, 0.1) is 12.3 Å². The largest absolute Gasteiger partial charge is 0.395 e. The fourth-order valence-electron chi connectivity index (χ4n) is 1.57. The first kappa shape index (κ1) is 12.1. The molecule has 0 saturated carbocycles. The molecule has 90 valence electrons. The van der Waals surface area contributed by atoms with Gasteiger partial charge in [0, 0.05) is 24.1 Å². The lowest BCUT2D eigenvalue weighted by atomic mass is 10.2. The molecule has 1 N–H and O–H groups in total. The second kappa shape index (κ2) is 5.30. The third kappa shape index (κ3) is 2.47. The van der Waals surface area contributed by atoms with Crippen molar-refractivity contribution in [2.24, 2.45) is 0 Å². The highest BCUT2D eigenvalue weighted by molar-refractivity contribution is 6.28. The molecule has 0 bridgehead atoms. The summed E-state index contributed by atoms with van der Waals surface area (Å²) in [4.78, 5) is 24.0. The lowest BCUT2D eigenvalue weighted by Gasteiger charge is -2.13. The van der Waals surface area contributed by atoms with Gasteiger partial charge in [0.25, 0.3) is 11.8 Å². The summed E-state index contributed by atoms with van der Waals surface area (Å²) >= 11 is 0. The molecule has 0 fully saturated rings. The predicted molar refractivity (Wildman–Crippen MR) is 66.7 cm³/mol. The number of aliphatic hydroxyl groups is 1. The predicted octanol–water partition coefficient (Wildman–Crippen LogP) is 0.850. The van der Waals surface area contributed by atoms with Crippen LogP contribution in [-0.2, 0) is 9.59 Å². The number of hydrogen-bond donors (Lipinski definition) is 1. The highest BCUT2D eigenvalue weighted by Gasteiger charge is 2.24. The molecule has 0 atom stereocenters. The molecule has 1 heterocycles. The van der Waals surface area contributed by atoms with Crippen molar-refractivity contribution in [1.82, 2.24) is 0 Å². The monoisotopic (exact) mass is 241 g/mol. The van der Waals surface area contributed by atoms with Crippen LogP contribution in [0.2, 0.25) is 0 Å². The van der Waals surface area contributed by atoms with Crippen molar-refractivity contribution >= 4 is 17.5 Å². The molecule has 1 aliphatic rings. The van der Waals surface area contributed by atoms with Crippen LogP contribution >= 0.6 is 0 Å². The van der Waals surface area contributed by atoms with Gasteiger partial charge in [-0.05, 0) is 24.3 Å². The molecule has 0 aliphatic carbocycles. The van der Waals surface area contributed by atoms with Crippen LogP contribution in [0.25, 0.3) is 0 Å². The molecular formula is C14H11NO3. The Balaban J connectivity index is 2.16. The van der Waals surface area contributed by atoms with Gasteiger partial charge in [0.2, 0.25) is 0 Å². The Bertz CT molecular complexity index is 543. The summed E-state index contributed by atoms with van der Waals surface area (Å²) in [6.07, 6.45) is 2.92. The van der Waals surface area contributed by atoms with Crippen molar-refractivity contribution in [3.8, 4) is 11.8 Å². The van der Waals surface area contributed by atoms with Crippen LogP contribution < -0.4 is 4.90 Å². The maximum absolute atomic E-state index is 11.4. The van der Waals surface area contributed by atoms with E-state index in [0.29, 0.717) is 12.1 Å². The van der Waals surface area contributed by atoms with Gasteiger partial charge in [0.1, 0.15) is 0 Å². The molecule has 2 amide bonds. The number of carbonyl (C=O) groups excluding carboxylic acids is 2. The first-order chi connectivity index (χ1) is 8.72. The molecule has 1 aromatic carbocycles. The minimum absolute atomic E-state index is 0.0353. The summed E-state index contributed by atoms with van der Waals surface area (Å²) in [7, 11) is 0. The number of amides is 2. The SMILES string of the molecule is O=C1C=CC(=O)N1c1ccc(C#CCCO)cc1. The Labute approximate surface area is 105 Å². The topological polar surface area (TPSA) is 57.6 Å². The molecule has 4 nitrogen and oxygen atoms in total. The van der Waals surface area contributed by atoms with Gasteiger partial charge in [-0.1, -0.05) is 11.8 Å². The van der Waals surface area contributed by atoms with E-state index in [0.717, 1.165) is 10.5 Å². The fourth-order valence-corrected chi connectivity index (χ4v) is 1.57. The molecule has 2 rings (SSSR count). The first-order valence-corrected chi connectivity index (χ1v) is 5.48. The highest BCUT2D eigenvalue weighted by atomic mass is 16.2. The maximum atomic E-state index is 11.4. The second-order valence-electron chi connectivity index (χ2n) is 3.67. The van der Waals surface area contributed by atoms with Crippen LogP contribution in [0.5, 0.6) is 0 Å². The average molecular weight is 241 g/mol. The van der Waals surface area contributed by atoms with E-state index in [1.54, 1.807) is 24.3 Å². The van der Waals surface area contributed by atoms with E-state index >= 15 is 0 Å². The molecule has 4 heteroatoms. The number of aliphatic hydroxyl groups excluding tert-OH is 1. The van der Waals surface area contributed by atoms with Crippen molar-refractivity contribution in [3.63, 3.8) is 0 Å². The fraction of sp³-hybridized carbons (Fsp3) is 0.143. The Kier molecular flexibility index (Phi) is 3.56. The Hall–Kier alpha value is -2.38. The van der Waals surface area contributed by atoms with Gasteiger partial charge < -0.3 is 5.11 Å². The molecule has 0 radical (unpaired) electrons. The number of hydrogen-bond acceptors (Lipinski definition) is 3. The normalized spacial score (nSPS) is 13.7. The maximum Gasteiger partial charge on any atom is 0.258 e. The van der Waals surface area contributed by atoms with E-state index in [2.05, 4.69) is 11.8 Å². The lowest BCUT2D eigenvalue weighted by molar-refractivity contribution is -0.119. The van der Waals surface area contributed by atoms with Gasteiger partial charge in [-0.15, -0.1) is 0 Å². The van der Waals surface area contributed by atoms with E-state index in [9.17, 15) is 9.59 Å². The zero-order valence-electron chi connectivity index (χ0n) is 9.59. The van der Waals surface area contributed by atoms with Crippen molar-refractivity contribution in [2.75, 3.05) is 11.5 Å². The molecule has 18 heavy (non-hydrogen) atoms. The number of imide groups is 1. The van der Waals surface area contributed by atoms with Crippen LogP contribution in [0.3, 0.4) is 0 Å². The van der Waals surface area contributed by atoms with Gasteiger partial charge in [-0.3, -0.25) is 9.59 Å². The van der Waals surface area contributed by atoms with E-state index in [4.69, 9.17) is 5.11 Å². The number of rotatable bonds is 2. The number of benzene rings is 1. The summed E-state index contributed by atoms with van der Waals surface area (Å²) in [5.74, 6) is 5.00. The van der Waals surface area contributed by atoms with E-state index < -0.39 is 0 Å². The summed E-state index contributed by atoms with van der Waals surface area (Å²) < 4.78 is 0. The summed E-state index contributed by atoms with van der Waals surface area (Å²) in [6.45, 7) is 0.0353. The third-order valence-corrected chi connectivity index (χ3v) is 2.40. The molecule has 1 aliphatic heterocycles. The Morgan fingerprint density at radius 2 is 1.67 bits per heavy atom. The molecule has 0 spiro atoms. The van der Waals surface area contributed by atoms with E-state index in [1.807, 2.05) is 0 Å². The van der Waals surface area contributed by atoms with Crippen LogP contribution in [0.15, 0.2) is 36.4 Å². The Morgan fingerprint density at radius 1 is 1.06 bits per heavy atom. The van der Waals surface area contributed by atoms with Gasteiger partial charge in [-0.2, -0.15) is 0 Å². The van der Waals surface area contributed by atoms with Crippen LogP contribution in [-0.4, -0.2) is 23.5 Å². The van der Waals surface area contributed by atoms with Gasteiger partial charge in [-0.25, -0.2) is 4.90 Å². The van der Waals surface area contributed by atoms with Crippen LogP contribution in [0.4, 0.5) is 5.69 Å². The summed E-state index contributed by atoms with van der Waals surface area (Å²) in [5, 5.41) is 8.60. The summed E-state index contributed by atoms with van der Waals surface area (Å²) in [6, 6.07) is 6.81. The van der Waals surface area contributed by atoms with Crippen LogP contribution in [0, 0.1) is 11.8 Å². The summed E-state index contributed by atoms with van der Waals surface area (Å²) in [5.41, 5.74) is 1.31. The molecule has 0 saturated heterocycles. The standard InChI is InChI=1S/C14H11NO3/c16-10-2-1-3-11-4-6-12(7-5-11)15-13(17)8-9-14(15)18/h4-9,16H,2,10H2. The minimum atomic E-state index is -0.334. The average Bonchev–Trinajstić information content (AvgIpc) is 2.71. The molecule has 0 unspecified atom stereocenters. The first-order valence-electron chi connectivity index (χ1n) is 5.48.